The van der Waals surface area contributed by atoms with Crippen LogP contribution in [-0.4, -0.2) is 33.0 Å². The fourth-order valence-electron chi connectivity index (χ4n) is 4.17. The van der Waals surface area contributed by atoms with Crippen molar-refractivity contribution in [3.8, 4) is 11.4 Å². The van der Waals surface area contributed by atoms with E-state index in [0.717, 1.165) is 51.4 Å². The van der Waals surface area contributed by atoms with E-state index in [1.54, 1.807) is 12.4 Å². The number of aromatic amines is 1. The Hall–Kier alpha value is -4.85. The van der Waals surface area contributed by atoms with Gasteiger partial charge in [-0.05, 0) is 56.2 Å². The maximum atomic E-state index is 11.5. The minimum atomic E-state index is -0.596. The van der Waals surface area contributed by atoms with Crippen LogP contribution < -0.4 is 10.7 Å². The average Bonchev–Trinajstić information content (AvgIpc) is 3.39. The molecule has 190 valence electrons. The summed E-state index contributed by atoms with van der Waals surface area (Å²) in [5.74, 6) is 0.514. The largest absolute Gasteiger partial charge is 0.439 e. The molecule has 5 aromatic rings. The van der Waals surface area contributed by atoms with Crippen LogP contribution in [0.25, 0.3) is 28.1 Å². The Morgan fingerprint density at radius 1 is 0.974 bits per heavy atom. The van der Waals surface area contributed by atoms with Gasteiger partial charge in [0, 0.05) is 41.8 Å². The van der Waals surface area contributed by atoms with Gasteiger partial charge >= 0.3 is 5.76 Å². The summed E-state index contributed by atoms with van der Waals surface area (Å²) in [7, 11) is 1.97. The van der Waals surface area contributed by atoms with E-state index in [1.807, 2.05) is 54.4 Å². The van der Waals surface area contributed by atoms with Crippen LogP contribution in [0.2, 0.25) is 0 Å². The van der Waals surface area contributed by atoms with Gasteiger partial charge in [0.15, 0.2) is 5.82 Å². The van der Waals surface area contributed by atoms with E-state index >= 15 is 0 Å². The van der Waals surface area contributed by atoms with Crippen molar-refractivity contribution in [2.24, 2.45) is 4.99 Å². The highest BCUT2D eigenvalue weighted by atomic mass is 16.5. The van der Waals surface area contributed by atoms with Gasteiger partial charge in [0.05, 0.1) is 16.7 Å². The SMILES string of the molecule is CC/C(C)=C(\N=C(c1ccc2nccnc2c1)N(C)c1cccc(-c2noc(=O)[nH]2)c1)c1ccc(C)cc1. The lowest BCUT2D eigenvalue weighted by Crippen LogP contribution is -2.27. The molecule has 0 fully saturated rings. The van der Waals surface area contributed by atoms with Gasteiger partial charge in [-0.25, -0.2) is 9.79 Å². The molecule has 5 rings (SSSR count). The van der Waals surface area contributed by atoms with Crippen molar-refractivity contribution in [2.45, 2.75) is 27.2 Å². The second-order valence-electron chi connectivity index (χ2n) is 9.10. The van der Waals surface area contributed by atoms with Crippen molar-refractivity contribution in [3.63, 3.8) is 0 Å². The zero-order valence-electron chi connectivity index (χ0n) is 21.8. The van der Waals surface area contributed by atoms with Crippen molar-refractivity contribution < 1.29 is 4.52 Å². The van der Waals surface area contributed by atoms with Crippen LogP contribution in [0.5, 0.6) is 0 Å². The Kier molecular flexibility index (Phi) is 6.95. The molecule has 0 atom stereocenters. The fraction of sp³-hybridized carbons (Fsp3) is 0.167. The summed E-state index contributed by atoms with van der Waals surface area (Å²) < 4.78 is 4.71. The highest BCUT2D eigenvalue weighted by molar-refractivity contribution is 6.13. The number of H-pyrrole nitrogens is 1. The Morgan fingerprint density at radius 2 is 1.71 bits per heavy atom. The Balaban J connectivity index is 1.68. The molecule has 0 bridgehead atoms. The predicted molar refractivity (Wildman–Crippen MR) is 151 cm³/mol. The number of anilines is 1. The molecule has 0 unspecified atom stereocenters. The lowest BCUT2D eigenvalue weighted by molar-refractivity contribution is 0.388. The van der Waals surface area contributed by atoms with Crippen LogP contribution in [0.1, 0.15) is 37.0 Å². The van der Waals surface area contributed by atoms with Crippen molar-refractivity contribution in [2.75, 3.05) is 11.9 Å². The first-order valence-electron chi connectivity index (χ1n) is 12.4. The fourth-order valence-corrected chi connectivity index (χ4v) is 4.17. The van der Waals surface area contributed by atoms with E-state index in [0.29, 0.717) is 5.82 Å². The molecule has 0 saturated heterocycles. The predicted octanol–water partition coefficient (Wildman–Crippen LogP) is 6.01. The summed E-state index contributed by atoms with van der Waals surface area (Å²) in [4.78, 5) is 30.4. The summed E-state index contributed by atoms with van der Waals surface area (Å²) in [6.45, 7) is 6.33. The Bertz CT molecular complexity index is 1710. The number of benzene rings is 3. The van der Waals surface area contributed by atoms with Gasteiger partial charge in [-0.2, -0.15) is 0 Å². The molecular formula is C30H28N6O2. The number of fused-ring (bicyclic) bond motifs is 1. The van der Waals surface area contributed by atoms with Crippen molar-refractivity contribution in [1.82, 2.24) is 20.1 Å². The minimum absolute atomic E-state index is 0.367. The van der Waals surface area contributed by atoms with Crippen molar-refractivity contribution >= 4 is 28.3 Å². The Labute approximate surface area is 220 Å². The molecule has 0 amide bonds. The lowest BCUT2D eigenvalue weighted by Gasteiger charge is -2.23. The second-order valence-corrected chi connectivity index (χ2v) is 9.10. The number of aliphatic imine (C=N–C) groups is 1. The Morgan fingerprint density at radius 3 is 2.42 bits per heavy atom. The van der Waals surface area contributed by atoms with Crippen LogP contribution in [0.15, 0.2) is 99.0 Å². The van der Waals surface area contributed by atoms with Crippen LogP contribution in [0.3, 0.4) is 0 Å². The maximum absolute atomic E-state index is 11.5. The first kappa shape index (κ1) is 24.8. The molecule has 2 aromatic heterocycles. The van der Waals surface area contributed by atoms with E-state index in [1.165, 1.54) is 11.1 Å². The number of nitrogens with zero attached hydrogens (tertiary/aromatic N) is 5. The van der Waals surface area contributed by atoms with E-state index in [9.17, 15) is 4.79 Å². The zero-order valence-corrected chi connectivity index (χ0v) is 21.8. The van der Waals surface area contributed by atoms with E-state index < -0.39 is 5.76 Å². The van der Waals surface area contributed by atoms with Gasteiger partial charge in [-0.3, -0.25) is 19.5 Å². The molecule has 38 heavy (non-hydrogen) atoms. The highest BCUT2D eigenvalue weighted by Crippen LogP contribution is 2.28. The van der Waals surface area contributed by atoms with E-state index in [2.05, 4.69) is 65.1 Å². The number of nitrogens with one attached hydrogen (secondary N) is 1. The molecule has 2 heterocycles. The average molecular weight is 505 g/mol. The van der Waals surface area contributed by atoms with Crippen LogP contribution in [0, 0.1) is 6.92 Å². The van der Waals surface area contributed by atoms with Crippen LogP contribution in [-0.2, 0) is 0 Å². The molecule has 0 radical (unpaired) electrons. The lowest BCUT2D eigenvalue weighted by atomic mass is 10.0. The highest BCUT2D eigenvalue weighted by Gasteiger charge is 2.17. The molecule has 0 saturated carbocycles. The van der Waals surface area contributed by atoms with Crippen LogP contribution >= 0.6 is 0 Å². The molecule has 1 N–H and O–H groups in total. The maximum Gasteiger partial charge on any atom is 0.439 e. The molecular weight excluding hydrogens is 476 g/mol. The summed E-state index contributed by atoms with van der Waals surface area (Å²) in [5, 5.41) is 3.84. The number of aryl methyl sites for hydroxylation is 1. The third-order valence-corrected chi connectivity index (χ3v) is 6.47. The number of rotatable bonds is 6. The second kappa shape index (κ2) is 10.6. The van der Waals surface area contributed by atoms with E-state index in [4.69, 9.17) is 9.52 Å². The topological polar surface area (TPSA) is 100 Å². The first-order valence-corrected chi connectivity index (χ1v) is 12.4. The number of aromatic nitrogens is 4. The number of hydrogen-bond donors (Lipinski definition) is 1. The summed E-state index contributed by atoms with van der Waals surface area (Å²) in [5.41, 5.74) is 8.43. The number of allylic oxidation sites excluding steroid dienone is 1. The molecule has 3 aromatic carbocycles. The molecule has 0 spiro atoms. The van der Waals surface area contributed by atoms with Crippen molar-refractivity contribution in [1.29, 1.82) is 0 Å². The normalized spacial score (nSPS) is 12.5. The van der Waals surface area contributed by atoms with Crippen molar-refractivity contribution in [3.05, 3.63) is 112 Å². The molecule has 0 aliphatic carbocycles. The number of amidine groups is 1. The third-order valence-electron chi connectivity index (χ3n) is 6.47. The third kappa shape index (κ3) is 5.15. The smallest absolute Gasteiger partial charge is 0.329 e. The standard InChI is InChI=1S/C30H28N6O2/c1-5-20(3)27(21-11-9-19(2)10-12-21)33-29(23-13-14-25-26(18-23)32-16-15-31-25)36(4)24-8-6-7-22(17-24)28-34-30(37)38-35-28/h6-18H,5H2,1-4H3,(H,34,35,37)/b27-20-,33-29?. The van der Waals surface area contributed by atoms with Gasteiger partial charge in [0.25, 0.3) is 0 Å². The summed E-state index contributed by atoms with van der Waals surface area (Å²) in [6, 6.07) is 22.1. The van der Waals surface area contributed by atoms with Crippen LogP contribution in [0.4, 0.5) is 5.69 Å². The molecule has 0 aliphatic heterocycles. The summed E-state index contributed by atoms with van der Waals surface area (Å²) in [6.07, 6.45) is 4.24. The van der Waals surface area contributed by atoms with E-state index in [-0.39, 0.29) is 0 Å². The minimum Gasteiger partial charge on any atom is -0.329 e. The monoisotopic (exact) mass is 504 g/mol. The first-order chi connectivity index (χ1) is 18.4. The van der Waals surface area contributed by atoms with Gasteiger partial charge < -0.3 is 4.90 Å². The molecule has 0 aliphatic rings. The summed E-state index contributed by atoms with van der Waals surface area (Å²) >= 11 is 0. The van der Waals surface area contributed by atoms with Gasteiger partial charge in [0.2, 0.25) is 0 Å². The van der Waals surface area contributed by atoms with Gasteiger partial charge in [-0.15, -0.1) is 0 Å². The zero-order chi connectivity index (χ0) is 26.6. The van der Waals surface area contributed by atoms with Gasteiger partial charge in [0.1, 0.15) is 5.84 Å². The quantitative estimate of drug-likeness (QED) is 0.225. The molecule has 8 heteroatoms. The van der Waals surface area contributed by atoms with Gasteiger partial charge in [-0.1, -0.05) is 54.0 Å². The number of hydrogen-bond acceptors (Lipinski definition) is 6. The molecule has 8 nitrogen and oxygen atoms in total.